The Kier molecular flexibility index (Phi) is 3.66. The highest BCUT2D eigenvalue weighted by atomic mass is 14.9. The van der Waals surface area contributed by atoms with Crippen molar-refractivity contribution < 1.29 is 0 Å². The largest absolute Gasteiger partial charge is 0.316 e. The molecule has 110 valence electrons. The van der Waals surface area contributed by atoms with Crippen LogP contribution in [-0.2, 0) is 5.41 Å². The monoisotopic (exact) mass is 271 g/mol. The molecule has 1 spiro atoms. The molecule has 0 radical (unpaired) electrons. The molecule has 0 bridgehead atoms. The van der Waals surface area contributed by atoms with Gasteiger partial charge in [-0.2, -0.15) is 0 Å². The number of rotatable bonds is 5. The van der Waals surface area contributed by atoms with Crippen LogP contribution in [0.15, 0.2) is 24.3 Å². The molecule has 0 atom stereocenters. The fraction of sp³-hybridized carbons (Fsp3) is 0.684. The third-order valence-electron chi connectivity index (χ3n) is 5.49. The molecule has 1 aromatic rings. The molecule has 1 N–H and O–H groups in total. The van der Waals surface area contributed by atoms with Gasteiger partial charge in [-0.25, -0.2) is 0 Å². The van der Waals surface area contributed by atoms with Gasteiger partial charge in [0, 0.05) is 12.0 Å². The van der Waals surface area contributed by atoms with E-state index in [0.717, 1.165) is 24.4 Å². The first-order chi connectivity index (χ1) is 9.54. The van der Waals surface area contributed by atoms with Crippen molar-refractivity contribution in [1.29, 1.82) is 0 Å². The van der Waals surface area contributed by atoms with Crippen LogP contribution in [0.5, 0.6) is 0 Å². The van der Waals surface area contributed by atoms with Gasteiger partial charge in [0.2, 0.25) is 0 Å². The van der Waals surface area contributed by atoms with Gasteiger partial charge in [-0.3, -0.25) is 0 Å². The molecule has 0 saturated heterocycles. The molecule has 3 rings (SSSR count). The second kappa shape index (κ2) is 5.18. The Labute approximate surface area is 124 Å². The summed E-state index contributed by atoms with van der Waals surface area (Å²) >= 11 is 0. The molecule has 0 aromatic heterocycles. The van der Waals surface area contributed by atoms with Gasteiger partial charge in [0.25, 0.3) is 0 Å². The van der Waals surface area contributed by atoms with Gasteiger partial charge >= 0.3 is 0 Å². The molecule has 0 amide bonds. The van der Waals surface area contributed by atoms with Crippen molar-refractivity contribution in [1.82, 2.24) is 5.32 Å². The molecule has 0 aliphatic heterocycles. The van der Waals surface area contributed by atoms with Crippen molar-refractivity contribution >= 4 is 0 Å². The maximum atomic E-state index is 3.73. The van der Waals surface area contributed by atoms with E-state index in [0.29, 0.717) is 5.41 Å². The lowest BCUT2D eigenvalue weighted by molar-refractivity contribution is -0.0484. The average Bonchev–Trinajstić information content (AvgIpc) is 2.29. The summed E-state index contributed by atoms with van der Waals surface area (Å²) in [7, 11) is 0. The Morgan fingerprint density at radius 2 is 1.95 bits per heavy atom. The van der Waals surface area contributed by atoms with E-state index in [1.54, 1.807) is 5.56 Å². The van der Waals surface area contributed by atoms with Crippen LogP contribution in [0.1, 0.15) is 57.1 Å². The fourth-order valence-electron chi connectivity index (χ4n) is 4.42. The topological polar surface area (TPSA) is 12.0 Å². The van der Waals surface area contributed by atoms with Gasteiger partial charge < -0.3 is 5.32 Å². The molecule has 1 nitrogen and oxygen atoms in total. The predicted octanol–water partition coefficient (Wildman–Crippen LogP) is 4.44. The highest BCUT2D eigenvalue weighted by molar-refractivity contribution is 5.35. The van der Waals surface area contributed by atoms with Crippen LogP contribution >= 0.6 is 0 Å². The summed E-state index contributed by atoms with van der Waals surface area (Å²) in [5.41, 5.74) is 4.12. The van der Waals surface area contributed by atoms with Crippen molar-refractivity contribution in [3.05, 3.63) is 35.4 Å². The Bertz CT molecular complexity index is 462. The smallest absolute Gasteiger partial charge is 0.00884 e. The van der Waals surface area contributed by atoms with Crippen LogP contribution in [0, 0.1) is 18.3 Å². The zero-order chi connectivity index (χ0) is 14.2. The van der Waals surface area contributed by atoms with Crippen molar-refractivity contribution in [2.24, 2.45) is 11.3 Å². The number of nitrogens with one attached hydrogen (secondary N) is 1. The number of aryl methyl sites for hydroxylation is 1. The van der Waals surface area contributed by atoms with Gasteiger partial charge in [-0.1, -0.05) is 50.1 Å². The molecule has 1 aromatic carbocycles. The maximum absolute atomic E-state index is 3.73. The summed E-state index contributed by atoms with van der Waals surface area (Å²) in [5, 5.41) is 3.73. The molecular formula is C19H29N. The SMILES string of the molecule is Cc1cccc(C2(CNCC(C)C)CC3(CCC3)C2)c1. The number of benzene rings is 1. The standard InChI is InChI=1S/C19H29N/c1-15(2)11-20-14-19(12-18(13-19)8-5-9-18)17-7-4-6-16(3)10-17/h4,6-7,10,15,20H,5,8-9,11-14H2,1-3H3. The lowest BCUT2D eigenvalue weighted by Crippen LogP contribution is -2.57. The highest BCUT2D eigenvalue weighted by Gasteiger charge is 2.57. The molecule has 2 aliphatic rings. The number of hydrogen-bond acceptors (Lipinski definition) is 1. The van der Waals surface area contributed by atoms with Crippen LogP contribution < -0.4 is 5.32 Å². The van der Waals surface area contributed by atoms with E-state index in [1.807, 2.05) is 0 Å². The minimum absolute atomic E-state index is 0.418. The zero-order valence-corrected chi connectivity index (χ0v) is 13.3. The number of hydrogen-bond donors (Lipinski definition) is 1. The van der Waals surface area contributed by atoms with Crippen molar-refractivity contribution in [3.8, 4) is 0 Å². The summed E-state index contributed by atoms with van der Waals surface area (Å²) < 4.78 is 0. The quantitative estimate of drug-likeness (QED) is 0.834. The molecule has 2 saturated carbocycles. The summed E-state index contributed by atoms with van der Waals surface area (Å²) in [6.07, 6.45) is 7.24. The van der Waals surface area contributed by atoms with E-state index in [2.05, 4.69) is 50.4 Å². The Hall–Kier alpha value is -0.820. The predicted molar refractivity (Wildman–Crippen MR) is 86.1 cm³/mol. The van der Waals surface area contributed by atoms with E-state index >= 15 is 0 Å². The molecule has 0 unspecified atom stereocenters. The van der Waals surface area contributed by atoms with E-state index in [9.17, 15) is 0 Å². The summed E-state index contributed by atoms with van der Waals surface area (Å²) in [6.45, 7) is 9.11. The van der Waals surface area contributed by atoms with Crippen molar-refractivity contribution in [2.45, 2.75) is 58.3 Å². The first-order valence-electron chi connectivity index (χ1n) is 8.32. The lowest BCUT2D eigenvalue weighted by Gasteiger charge is -2.62. The normalized spacial score (nSPS) is 22.6. The van der Waals surface area contributed by atoms with Crippen LogP contribution in [0.2, 0.25) is 0 Å². The minimum atomic E-state index is 0.418. The molecular weight excluding hydrogens is 242 g/mol. The van der Waals surface area contributed by atoms with Crippen LogP contribution in [-0.4, -0.2) is 13.1 Å². The van der Waals surface area contributed by atoms with E-state index in [4.69, 9.17) is 0 Å². The van der Waals surface area contributed by atoms with Gasteiger partial charge in [0.15, 0.2) is 0 Å². The summed E-state index contributed by atoms with van der Waals surface area (Å²) in [4.78, 5) is 0. The summed E-state index contributed by atoms with van der Waals surface area (Å²) in [6, 6.07) is 9.23. The van der Waals surface area contributed by atoms with Gasteiger partial charge in [-0.05, 0) is 56.0 Å². The average molecular weight is 271 g/mol. The third-order valence-corrected chi connectivity index (χ3v) is 5.49. The highest BCUT2D eigenvalue weighted by Crippen LogP contribution is 2.64. The van der Waals surface area contributed by atoms with Gasteiger partial charge in [0.1, 0.15) is 0 Å². The second-order valence-corrected chi connectivity index (χ2v) is 7.88. The summed E-state index contributed by atoms with van der Waals surface area (Å²) in [5.74, 6) is 0.738. The third kappa shape index (κ3) is 2.53. The maximum Gasteiger partial charge on any atom is 0.00884 e. The first kappa shape index (κ1) is 14.1. The Morgan fingerprint density at radius 1 is 1.20 bits per heavy atom. The van der Waals surface area contributed by atoms with Crippen molar-refractivity contribution in [2.75, 3.05) is 13.1 Å². The molecule has 20 heavy (non-hydrogen) atoms. The van der Waals surface area contributed by atoms with Crippen LogP contribution in [0.25, 0.3) is 0 Å². The fourth-order valence-corrected chi connectivity index (χ4v) is 4.42. The van der Waals surface area contributed by atoms with E-state index in [-0.39, 0.29) is 0 Å². The zero-order valence-electron chi connectivity index (χ0n) is 13.3. The van der Waals surface area contributed by atoms with E-state index in [1.165, 1.54) is 37.7 Å². The molecule has 2 fully saturated rings. The van der Waals surface area contributed by atoms with Crippen LogP contribution in [0.4, 0.5) is 0 Å². The Balaban J connectivity index is 1.74. The second-order valence-electron chi connectivity index (χ2n) is 7.88. The Morgan fingerprint density at radius 3 is 2.50 bits per heavy atom. The first-order valence-corrected chi connectivity index (χ1v) is 8.32. The minimum Gasteiger partial charge on any atom is -0.316 e. The molecule has 0 heterocycles. The van der Waals surface area contributed by atoms with E-state index < -0.39 is 0 Å². The molecule has 2 aliphatic carbocycles. The van der Waals surface area contributed by atoms with Gasteiger partial charge in [-0.15, -0.1) is 0 Å². The van der Waals surface area contributed by atoms with Crippen molar-refractivity contribution in [3.63, 3.8) is 0 Å². The molecule has 1 heteroatoms. The van der Waals surface area contributed by atoms with Gasteiger partial charge in [0.05, 0.1) is 0 Å². The lowest BCUT2D eigenvalue weighted by atomic mass is 9.43. The van der Waals surface area contributed by atoms with Crippen LogP contribution in [0.3, 0.4) is 0 Å².